The fourth-order valence-corrected chi connectivity index (χ4v) is 3.05. The first-order valence-electron chi connectivity index (χ1n) is 9.35. The van der Waals surface area contributed by atoms with Gasteiger partial charge in [0.15, 0.2) is 6.61 Å². The predicted octanol–water partition coefficient (Wildman–Crippen LogP) is 3.03. The summed E-state index contributed by atoms with van der Waals surface area (Å²) in [5.41, 5.74) is 1.98. The number of morpholine rings is 1. The minimum atomic E-state index is -0.396. The van der Waals surface area contributed by atoms with Crippen molar-refractivity contribution in [1.82, 2.24) is 10.1 Å². The average molecular weight is 409 g/mol. The van der Waals surface area contributed by atoms with Crippen molar-refractivity contribution in [2.75, 3.05) is 31.2 Å². The number of nitrogens with zero attached hydrogens (tertiary/aromatic N) is 5. The van der Waals surface area contributed by atoms with Crippen molar-refractivity contribution in [2.24, 2.45) is 5.16 Å². The van der Waals surface area contributed by atoms with Crippen LogP contribution in [0.2, 0.25) is 0 Å². The average Bonchev–Trinajstić information content (AvgIpc) is 3.27. The molecule has 2 aromatic carbocycles. The number of anilines is 1. The Balaban J connectivity index is 1.39. The van der Waals surface area contributed by atoms with Gasteiger partial charge in [-0.3, -0.25) is 10.1 Å². The van der Waals surface area contributed by atoms with Gasteiger partial charge in [0.2, 0.25) is 5.82 Å². The lowest BCUT2D eigenvalue weighted by Crippen LogP contribution is -2.36. The fraction of sp³-hybridized carbons (Fsp3) is 0.250. The van der Waals surface area contributed by atoms with E-state index in [1.807, 2.05) is 35.2 Å². The topological polar surface area (TPSA) is 116 Å². The van der Waals surface area contributed by atoms with Crippen molar-refractivity contribution >= 4 is 17.6 Å². The molecule has 2 heterocycles. The molecule has 4 rings (SSSR count). The van der Waals surface area contributed by atoms with Gasteiger partial charge in [0.1, 0.15) is 5.69 Å². The van der Waals surface area contributed by atoms with Crippen molar-refractivity contribution < 1.29 is 19.0 Å². The fourth-order valence-electron chi connectivity index (χ4n) is 3.05. The summed E-state index contributed by atoms with van der Waals surface area (Å²) < 4.78 is 10.4. The van der Waals surface area contributed by atoms with E-state index in [1.165, 1.54) is 12.3 Å². The zero-order valence-electron chi connectivity index (χ0n) is 16.0. The quantitative estimate of drug-likeness (QED) is 0.332. The van der Waals surface area contributed by atoms with Crippen LogP contribution in [0.5, 0.6) is 0 Å². The van der Waals surface area contributed by atoms with Crippen molar-refractivity contribution in [3.8, 4) is 11.4 Å². The van der Waals surface area contributed by atoms with Crippen LogP contribution in [0.1, 0.15) is 11.5 Å². The monoisotopic (exact) mass is 409 g/mol. The number of nitro benzene ring substituents is 1. The summed E-state index contributed by atoms with van der Waals surface area (Å²) in [6.07, 6.45) is 1.41. The van der Waals surface area contributed by atoms with Crippen molar-refractivity contribution in [3.05, 3.63) is 70.1 Å². The summed E-state index contributed by atoms with van der Waals surface area (Å²) >= 11 is 0. The standard InChI is InChI=1S/C20H19N5O5/c26-25(27)18-12-15(6-7-17(18)24-8-10-28-11-9-24)13-21-29-14-19-22-20(23-30-19)16-4-2-1-3-5-16/h1-7,12-13H,8-11,14H2/b21-13-. The van der Waals surface area contributed by atoms with Gasteiger partial charge in [0.25, 0.3) is 11.6 Å². The Morgan fingerprint density at radius 2 is 2.00 bits per heavy atom. The smallest absolute Gasteiger partial charge is 0.293 e. The second kappa shape index (κ2) is 9.14. The molecule has 0 amide bonds. The van der Waals surface area contributed by atoms with Crippen molar-refractivity contribution in [1.29, 1.82) is 0 Å². The number of ether oxygens (including phenoxy) is 1. The van der Waals surface area contributed by atoms with Gasteiger partial charge in [-0.2, -0.15) is 4.98 Å². The highest BCUT2D eigenvalue weighted by atomic mass is 16.6. The highest BCUT2D eigenvalue weighted by Gasteiger charge is 2.21. The van der Waals surface area contributed by atoms with E-state index in [0.717, 1.165) is 5.56 Å². The molecule has 1 aromatic heterocycles. The number of rotatable bonds is 7. The minimum absolute atomic E-state index is 0.00963. The first kappa shape index (κ1) is 19.5. The van der Waals surface area contributed by atoms with Crippen LogP contribution in [0.4, 0.5) is 11.4 Å². The summed E-state index contributed by atoms with van der Waals surface area (Å²) in [5, 5.41) is 19.2. The molecule has 1 aliphatic heterocycles. The molecule has 10 heteroatoms. The summed E-state index contributed by atoms with van der Waals surface area (Å²) in [7, 11) is 0. The van der Waals surface area contributed by atoms with Crippen LogP contribution in [0.25, 0.3) is 11.4 Å². The molecular weight excluding hydrogens is 390 g/mol. The third-order valence-corrected chi connectivity index (χ3v) is 4.51. The Hall–Kier alpha value is -3.79. The Morgan fingerprint density at radius 1 is 1.20 bits per heavy atom. The van der Waals surface area contributed by atoms with E-state index >= 15 is 0 Å². The van der Waals surface area contributed by atoms with Gasteiger partial charge in [0.05, 0.1) is 24.4 Å². The normalized spacial score (nSPS) is 14.2. The van der Waals surface area contributed by atoms with E-state index in [1.54, 1.807) is 12.1 Å². The second-order valence-electron chi connectivity index (χ2n) is 6.49. The molecule has 1 saturated heterocycles. The molecule has 0 radical (unpaired) electrons. The van der Waals surface area contributed by atoms with E-state index in [-0.39, 0.29) is 18.2 Å². The number of hydrogen-bond acceptors (Lipinski definition) is 9. The molecular formula is C20H19N5O5. The molecule has 0 bridgehead atoms. The maximum absolute atomic E-state index is 11.5. The van der Waals surface area contributed by atoms with Crippen LogP contribution < -0.4 is 4.90 Å². The summed E-state index contributed by atoms with van der Waals surface area (Å²) in [4.78, 5) is 22.5. The molecule has 1 aliphatic rings. The van der Waals surface area contributed by atoms with E-state index in [4.69, 9.17) is 14.1 Å². The van der Waals surface area contributed by atoms with Crippen LogP contribution in [0, 0.1) is 10.1 Å². The predicted molar refractivity (Wildman–Crippen MR) is 108 cm³/mol. The first-order chi connectivity index (χ1) is 14.7. The third kappa shape index (κ3) is 4.61. The van der Waals surface area contributed by atoms with Gasteiger partial charge >= 0.3 is 0 Å². The minimum Gasteiger partial charge on any atom is -0.386 e. The Bertz CT molecular complexity index is 1030. The molecule has 1 fully saturated rings. The maximum atomic E-state index is 11.5. The van der Waals surface area contributed by atoms with Gasteiger partial charge in [0, 0.05) is 30.3 Å². The van der Waals surface area contributed by atoms with E-state index in [9.17, 15) is 10.1 Å². The van der Waals surface area contributed by atoms with E-state index < -0.39 is 4.92 Å². The highest BCUT2D eigenvalue weighted by Crippen LogP contribution is 2.29. The van der Waals surface area contributed by atoms with Gasteiger partial charge in [-0.1, -0.05) is 46.7 Å². The van der Waals surface area contributed by atoms with E-state index in [0.29, 0.717) is 43.4 Å². The molecule has 0 N–H and O–H groups in total. The van der Waals surface area contributed by atoms with Crippen LogP contribution in [0.15, 0.2) is 58.2 Å². The first-order valence-corrected chi connectivity index (χ1v) is 9.35. The van der Waals surface area contributed by atoms with Crippen molar-refractivity contribution in [3.63, 3.8) is 0 Å². The molecule has 0 aliphatic carbocycles. The zero-order valence-corrected chi connectivity index (χ0v) is 16.0. The maximum Gasteiger partial charge on any atom is 0.293 e. The number of oxime groups is 1. The molecule has 30 heavy (non-hydrogen) atoms. The van der Waals surface area contributed by atoms with Crippen LogP contribution in [-0.2, 0) is 16.2 Å². The highest BCUT2D eigenvalue weighted by molar-refractivity contribution is 5.83. The van der Waals surface area contributed by atoms with Crippen LogP contribution in [-0.4, -0.2) is 47.6 Å². The molecule has 3 aromatic rings. The number of nitro groups is 1. The molecule has 0 spiro atoms. The Morgan fingerprint density at radius 3 is 2.77 bits per heavy atom. The lowest BCUT2D eigenvalue weighted by Gasteiger charge is -2.28. The summed E-state index contributed by atoms with van der Waals surface area (Å²) in [6.45, 7) is 2.33. The van der Waals surface area contributed by atoms with Gasteiger partial charge < -0.3 is 19.0 Å². The largest absolute Gasteiger partial charge is 0.386 e. The third-order valence-electron chi connectivity index (χ3n) is 4.51. The van der Waals surface area contributed by atoms with Gasteiger partial charge in [-0.15, -0.1) is 0 Å². The molecule has 154 valence electrons. The SMILES string of the molecule is O=[N+]([O-])c1cc(/C=N\OCc2nc(-c3ccccc3)no2)ccc1N1CCOCC1. The van der Waals surface area contributed by atoms with Crippen LogP contribution >= 0.6 is 0 Å². The molecule has 0 unspecified atom stereocenters. The lowest BCUT2D eigenvalue weighted by atomic mass is 10.1. The second-order valence-corrected chi connectivity index (χ2v) is 6.49. The Kier molecular flexibility index (Phi) is 5.95. The van der Waals surface area contributed by atoms with Crippen LogP contribution in [0.3, 0.4) is 0 Å². The van der Waals surface area contributed by atoms with Gasteiger partial charge in [-0.25, -0.2) is 0 Å². The zero-order chi connectivity index (χ0) is 20.8. The molecule has 0 atom stereocenters. The molecule has 0 saturated carbocycles. The van der Waals surface area contributed by atoms with Gasteiger partial charge in [-0.05, 0) is 6.07 Å². The molecule has 10 nitrogen and oxygen atoms in total. The number of hydrogen-bond donors (Lipinski definition) is 0. The lowest BCUT2D eigenvalue weighted by molar-refractivity contribution is -0.384. The number of benzene rings is 2. The number of aromatic nitrogens is 2. The Labute approximate surface area is 171 Å². The summed E-state index contributed by atoms with van der Waals surface area (Å²) in [6, 6.07) is 14.4. The van der Waals surface area contributed by atoms with E-state index in [2.05, 4.69) is 15.3 Å². The summed E-state index contributed by atoms with van der Waals surface area (Å²) in [5.74, 6) is 0.743. The van der Waals surface area contributed by atoms with Crippen molar-refractivity contribution in [2.45, 2.75) is 6.61 Å².